The minimum Gasteiger partial charge on any atom is -0.382 e. The Morgan fingerprint density at radius 1 is 1.30 bits per heavy atom. The molecule has 0 aliphatic rings. The fraction of sp³-hybridized carbons (Fsp3) is 0.600. The number of carbonyl (C=O) groups excluding carboxylic acids is 1. The lowest BCUT2D eigenvalue weighted by Gasteiger charge is -2.27. The number of hydrogen-bond donors (Lipinski definition) is 2. The SMILES string of the molecule is CCOCCCNC(=NCC(=O)N(C)C)NCC(C)(C)c1cccc(F)c1. The first-order valence-corrected chi connectivity index (χ1v) is 9.32. The summed E-state index contributed by atoms with van der Waals surface area (Å²) in [4.78, 5) is 17.7. The van der Waals surface area contributed by atoms with Crippen LogP contribution in [0.3, 0.4) is 0 Å². The summed E-state index contributed by atoms with van der Waals surface area (Å²) in [6, 6.07) is 6.60. The second kappa shape index (κ2) is 11.5. The average Bonchev–Trinajstić information content (AvgIpc) is 2.62. The van der Waals surface area contributed by atoms with E-state index in [9.17, 15) is 9.18 Å². The number of ether oxygens (including phenoxy) is 1. The minimum atomic E-state index is -0.304. The first kappa shape index (κ1) is 22.9. The number of benzene rings is 1. The number of hydrogen-bond acceptors (Lipinski definition) is 3. The van der Waals surface area contributed by atoms with Gasteiger partial charge in [-0.3, -0.25) is 4.79 Å². The number of likely N-dealkylation sites (N-methyl/N-ethyl adjacent to an activating group) is 1. The molecule has 0 aliphatic carbocycles. The molecule has 27 heavy (non-hydrogen) atoms. The Balaban J connectivity index is 2.70. The van der Waals surface area contributed by atoms with E-state index in [4.69, 9.17) is 4.74 Å². The molecule has 1 rings (SSSR count). The van der Waals surface area contributed by atoms with Crippen LogP contribution in [0.25, 0.3) is 0 Å². The number of carbonyl (C=O) groups is 1. The van der Waals surface area contributed by atoms with Crippen LogP contribution >= 0.6 is 0 Å². The molecule has 0 fully saturated rings. The van der Waals surface area contributed by atoms with Crippen molar-refractivity contribution in [2.45, 2.75) is 32.6 Å². The highest BCUT2D eigenvalue weighted by Gasteiger charge is 2.21. The van der Waals surface area contributed by atoms with Gasteiger partial charge in [0.05, 0.1) is 0 Å². The minimum absolute atomic E-state index is 0.0637. The number of guanidine groups is 1. The summed E-state index contributed by atoms with van der Waals surface area (Å²) < 4.78 is 18.9. The zero-order valence-corrected chi connectivity index (χ0v) is 17.1. The molecule has 7 heteroatoms. The van der Waals surface area contributed by atoms with Gasteiger partial charge < -0.3 is 20.3 Å². The number of halogens is 1. The van der Waals surface area contributed by atoms with Crippen molar-refractivity contribution in [3.05, 3.63) is 35.6 Å². The summed E-state index contributed by atoms with van der Waals surface area (Å²) in [5.74, 6) is 0.237. The van der Waals surface area contributed by atoms with Gasteiger partial charge in [-0.2, -0.15) is 0 Å². The molecular weight excluding hydrogens is 347 g/mol. The van der Waals surface area contributed by atoms with Gasteiger partial charge in [-0.25, -0.2) is 9.38 Å². The van der Waals surface area contributed by atoms with Gasteiger partial charge in [0, 0.05) is 45.8 Å². The normalized spacial score (nSPS) is 12.0. The average molecular weight is 381 g/mol. The molecule has 0 aromatic heterocycles. The van der Waals surface area contributed by atoms with Gasteiger partial charge >= 0.3 is 0 Å². The van der Waals surface area contributed by atoms with E-state index in [1.807, 2.05) is 26.8 Å². The van der Waals surface area contributed by atoms with E-state index in [1.54, 1.807) is 26.2 Å². The molecule has 0 bridgehead atoms. The third-order valence-corrected chi connectivity index (χ3v) is 4.14. The van der Waals surface area contributed by atoms with E-state index in [0.717, 1.165) is 12.0 Å². The van der Waals surface area contributed by atoms with Crippen molar-refractivity contribution >= 4 is 11.9 Å². The Hall–Kier alpha value is -2.15. The Labute approximate surface area is 162 Å². The number of nitrogens with zero attached hydrogens (tertiary/aromatic N) is 2. The first-order valence-electron chi connectivity index (χ1n) is 9.32. The molecule has 0 radical (unpaired) electrons. The quantitative estimate of drug-likeness (QED) is 0.371. The van der Waals surface area contributed by atoms with E-state index in [1.165, 1.54) is 11.0 Å². The predicted octanol–water partition coefficient (Wildman–Crippen LogP) is 2.15. The van der Waals surface area contributed by atoms with Crippen molar-refractivity contribution < 1.29 is 13.9 Å². The van der Waals surface area contributed by atoms with Gasteiger partial charge in [0.1, 0.15) is 12.4 Å². The highest BCUT2D eigenvalue weighted by atomic mass is 19.1. The lowest BCUT2D eigenvalue weighted by molar-refractivity contribution is -0.127. The molecule has 0 unspecified atom stereocenters. The van der Waals surface area contributed by atoms with Crippen molar-refractivity contribution in [3.63, 3.8) is 0 Å². The third kappa shape index (κ3) is 8.86. The largest absolute Gasteiger partial charge is 0.382 e. The lowest BCUT2D eigenvalue weighted by Crippen LogP contribution is -2.44. The number of amides is 1. The number of nitrogens with one attached hydrogen (secondary N) is 2. The molecule has 152 valence electrons. The molecule has 2 N–H and O–H groups in total. The first-order chi connectivity index (χ1) is 12.8. The summed E-state index contributed by atoms with van der Waals surface area (Å²) in [6.45, 7) is 8.68. The summed E-state index contributed by atoms with van der Waals surface area (Å²) in [7, 11) is 3.40. The Bertz CT molecular complexity index is 618. The maximum absolute atomic E-state index is 13.5. The van der Waals surface area contributed by atoms with Crippen molar-refractivity contribution in [1.29, 1.82) is 0 Å². The van der Waals surface area contributed by atoms with Crippen LogP contribution in [-0.2, 0) is 14.9 Å². The van der Waals surface area contributed by atoms with Gasteiger partial charge in [-0.1, -0.05) is 26.0 Å². The van der Waals surface area contributed by atoms with Gasteiger partial charge in [-0.15, -0.1) is 0 Å². The van der Waals surface area contributed by atoms with Crippen LogP contribution in [0, 0.1) is 5.82 Å². The maximum atomic E-state index is 13.5. The molecule has 1 amide bonds. The summed E-state index contributed by atoms with van der Waals surface area (Å²) in [5.41, 5.74) is 0.594. The van der Waals surface area contributed by atoms with Crippen molar-refractivity contribution in [3.8, 4) is 0 Å². The summed E-state index contributed by atoms with van der Waals surface area (Å²) >= 11 is 0. The predicted molar refractivity (Wildman–Crippen MR) is 108 cm³/mol. The van der Waals surface area contributed by atoms with E-state index < -0.39 is 0 Å². The molecule has 0 aliphatic heterocycles. The standard InChI is InChI=1S/C20H33FN4O2/c1-6-27-12-8-11-22-19(23-14-18(26)25(4)5)24-15-20(2,3)16-9-7-10-17(21)13-16/h7,9-10,13H,6,8,11-12,14-15H2,1-5H3,(H2,22,23,24). The van der Waals surface area contributed by atoms with Crippen LogP contribution < -0.4 is 10.6 Å². The smallest absolute Gasteiger partial charge is 0.243 e. The summed E-state index contributed by atoms with van der Waals surface area (Å²) in [5, 5.41) is 6.49. The molecular formula is C20H33FN4O2. The summed E-state index contributed by atoms with van der Waals surface area (Å²) in [6.07, 6.45) is 0.837. The van der Waals surface area contributed by atoms with Gasteiger partial charge in [0.25, 0.3) is 0 Å². The fourth-order valence-electron chi connectivity index (χ4n) is 2.30. The van der Waals surface area contributed by atoms with Crippen LogP contribution in [0.4, 0.5) is 4.39 Å². The molecule has 0 heterocycles. The highest BCUT2D eigenvalue weighted by Crippen LogP contribution is 2.22. The topological polar surface area (TPSA) is 66.0 Å². The van der Waals surface area contributed by atoms with Crippen LogP contribution in [0.5, 0.6) is 0 Å². The van der Waals surface area contributed by atoms with Crippen molar-refractivity contribution in [2.24, 2.45) is 4.99 Å². The van der Waals surface area contributed by atoms with Crippen LogP contribution in [0.15, 0.2) is 29.3 Å². The number of rotatable bonds is 10. The molecule has 0 atom stereocenters. The lowest BCUT2D eigenvalue weighted by atomic mass is 9.84. The van der Waals surface area contributed by atoms with Crippen molar-refractivity contribution in [1.82, 2.24) is 15.5 Å². The number of aliphatic imine (C=N–C) groups is 1. The molecule has 1 aromatic rings. The Kier molecular flexibility index (Phi) is 9.78. The van der Waals surface area contributed by atoms with Crippen molar-refractivity contribution in [2.75, 3.05) is 46.9 Å². The van der Waals surface area contributed by atoms with Crippen LogP contribution in [-0.4, -0.2) is 63.7 Å². The fourth-order valence-corrected chi connectivity index (χ4v) is 2.30. The van der Waals surface area contributed by atoms with Gasteiger partial charge in [0.15, 0.2) is 5.96 Å². The molecule has 0 saturated carbocycles. The molecule has 0 spiro atoms. The molecule has 0 saturated heterocycles. The van der Waals surface area contributed by atoms with Crippen LogP contribution in [0.1, 0.15) is 32.8 Å². The van der Waals surface area contributed by atoms with E-state index in [0.29, 0.717) is 32.3 Å². The molecule has 1 aromatic carbocycles. The monoisotopic (exact) mass is 380 g/mol. The van der Waals surface area contributed by atoms with Gasteiger partial charge in [0.2, 0.25) is 5.91 Å². The second-order valence-corrected chi connectivity index (χ2v) is 7.18. The molecule has 6 nitrogen and oxygen atoms in total. The zero-order chi connectivity index (χ0) is 20.3. The van der Waals surface area contributed by atoms with Gasteiger partial charge in [-0.05, 0) is 31.0 Å². The maximum Gasteiger partial charge on any atom is 0.243 e. The van der Waals surface area contributed by atoms with E-state index >= 15 is 0 Å². The van der Waals surface area contributed by atoms with E-state index in [2.05, 4.69) is 15.6 Å². The second-order valence-electron chi connectivity index (χ2n) is 7.18. The van der Waals surface area contributed by atoms with Crippen LogP contribution in [0.2, 0.25) is 0 Å². The Morgan fingerprint density at radius 2 is 2.04 bits per heavy atom. The van der Waals surface area contributed by atoms with E-state index in [-0.39, 0.29) is 23.7 Å². The zero-order valence-electron chi connectivity index (χ0n) is 17.1. The third-order valence-electron chi connectivity index (χ3n) is 4.14. The Morgan fingerprint density at radius 3 is 2.67 bits per heavy atom. The highest BCUT2D eigenvalue weighted by molar-refractivity contribution is 5.84.